The number of halogens is 2. The molecule has 2 rings (SSSR count). The van der Waals surface area contributed by atoms with E-state index in [2.05, 4.69) is 21.0 Å². The number of hydrogen-bond acceptors (Lipinski definition) is 2. The fourth-order valence-corrected chi connectivity index (χ4v) is 1.41. The molecule has 0 atom stereocenters. The first kappa shape index (κ1) is 11.1. The summed E-state index contributed by atoms with van der Waals surface area (Å²) in [4.78, 5) is 0. The minimum atomic E-state index is 0. The van der Waals surface area contributed by atoms with Gasteiger partial charge in [-0.2, -0.15) is 5.10 Å². The van der Waals surface area contributed by atoms with Crippen LogP contribution in [0.4, 0.5) is 5.69 Å². The summed E-state index contributed by atoms with van der Waals surface area (Å²) < 4.78 is 2.68. The quantitative estimate of drug-likeness (QED) is 0.813. The summed E-state index contributed by atoms with van der Waals surface area (Å²) in [6.07, 6.45) is 3.60. The molecule has 1 aromatic carbocycles. The van der Waals surface area contributed by atoms with Crippen molar-refractivity contribution < 1.29 is 0 Å². The summed E-state index contributed by atoms with van der Waals surface area (Å²) in [6.45, 7) is 0. The Bertz CT molecular complexity index is 428. The highest BCUT2D eigenvalue weighted by molar-refractivity contribution is 9.10. The highest BCUT2D eigenvalue weighted by Gasteiger charge is 2.01. The van der Waals surface area contributed by atoms with E-state index in [1.807, 2.05) is 30.5 Å². The second-order valence-electron chi connectivity index (χ2n) is 2.66. The van der Waals surface area contributed by atoms with Gasteiger partial charge >= 0.3 is 0 Å². The number of para-hydroxylation sites is 2. The molecule has 74 valence electrons. The van der Waals surface area contributed by atoms with Crippen molar-refractivity contribution in [1.82, 2.24) is 9.78 Å². The van der Waals surface area contributed by atoms with Crippen molar-refractivity contribution in [2.45, 2.75) is 0 Å². The van der Waals surface area contributed by atoms with Crippen LogP contribution >= 0.6 is 28.3 Å². The summed E-state index contributed by atoms with van der Waals surface area (Å²) in [7, 11) is 0. The summed E-state index contributed by atoms with van der Waals surface area (Å²) in [5.41, 5.74) is 7.40. The molecule has 0 aliphatic heterocycles. The number of aromatic nitrogens is 2. The van der Waals surface area contributed by atoms with Crippen LogP contribution in [-0.2, 0) is 0 Å². The summed E-state index contributed by atoms with van der Waals surface area (Å²) in [5.74, 6) is 0. The number of nitrogens with zero attached hydrogens (tertiary/aromatic N) is 2. The van der Waals surface area contributed by atoms with E-state index in [9.17, 15) is 0 Å². The second-order valence-corrected chi connectivity index (χ2v) is 3.58. The maximum absolute atomic E-state index is 5.79. The first-order chi connectivity index (χ1) is 6.27. The van der Waals surface area contributed by atoms with Crippen molar-refractivity contribution in [3.05, 3.63) is 41.1 Å². The monoisotopic (exact) mass is 273 g/mol. The van der Waals surface area contributed by atoms with Crippen LogP contribution < -0.4 is 5.73 Å². The zero-order chi connectivity index (χ0) is 9.26. The summed E-state index contributed by atoms with van der Waals surface area (Å²) in [6, 6.07) is 7.61. The Morgan fingerprint density at radius 2 is 2.00 bits per heavy atom. The van der Waals surface area contributed by atoms with Gasteiger partial charge in [0.1, 0.15) is 0 Å². The van der Waals surface area contributed by atoms with Gasteiger partial charge in [0.05, 0.1) is 22.0 Å². The van der Waals surface area contributed by atoms with Gasteiger partial charge in [-0.3, -0.25) is 0 Å². The lowest BCUT2D eigenvalue weighted by atomic mass is 10.3. The van der Waals surface area contributed by atoms with Gasteiger partial charge < -0.3 is 5.73 Å². The third kappa shape index (κ3) is 2.08. The molecule has 0 saturated carbocycles. The molecular formula is C9H9BrClN3. The Labute approximate surface area is 96.5 Å². The lowest BCUT2D eigenvalue weighted by molar-refractivity contribution is 0.883. The van der Waals surface area contributed by atoms with E-state index < -0.39 is 0 Å². The highest BCUT2D eigenvalue weighted by Crippen LogP contribution is 2.17. The topological polar surface area (TPSA) is 43.8 Å². The third-order valence-corrected chi connectivity index (χ3v) is 2.14. The molecule has 0 fully saturated rings. The molecule has 0 unspecified atom stereocenters. The van der Waals surface area contributed by atoms with Gasteiger partial charge in [0, 0.05) is 6.20 Å². The maximum Gasteiger partial charge on any atom is 0.0875 e. The van der Waals surface area contributed by atoms with Crippen molar-refractivity contribution in [3.63, 3.8) is 0 Å². The Kier molecular flexibility index (Phi) is 3.55. The average molecular weight is 275 g/mol. The smallest absolute Gasteiger partial charge is 0.0875 e. The van der Waals surface area contributed by atoms with Gasteiger partial charge in [-0.25, -0.2) is 4.68 Å². The van der Waals surface area contributed by atoms with Crippen LogP contribution in [0, 0.1) is 0 Å². The third-order valence-electron chi connectivity index (χ3n) is 1.73. The van der Waals surface area contributed by atoms with E-state index in [1.165, 1.54) is 0 Å². The normalized spacial score (nSPS) is 9.50. The maximum atomic E-state index is 5.79. The van der Waals surface area contributed by atoms with Crippen molar-refractivity contribution in [3.8, 4) is 5.69 Å². The van der Waals surface area contributed by atoms with E-state index in [0.717, 1.165) is 15.8 Å². The Morgan fingerprint density at radius 1 is 1.29 bits per heavy atom. The minimum absolute atomic E-state index is 0. The minimum Gasteiger partial charge on any atom is -0.397 e. The first-order valence-electron chi connectivity index (χ1n) is 3.82. The number of benzene rings is 1. The van der Waals surface area contributed by atoms with E-state index in [0.29, 0.717) is 0 Å². The van der Waals surface area contributed by atoms with Crippen molar-refractivity contribution in [2.24, 2.45) is 0 Å². The molecule has 5 heteroatoms. The summed E-state index contributed by atoms with van der Waals surface area (Å²) >= 11 is 3.33. The Hall–Kier alpha value is -1.00. The zero-order valence-corrected chi connectivity index (χ0v) is 9.62. The second kappa shape index (κ2) is 4.48. The van der Waals surface area contributed by atoms with Crippen molar-refractivity contribution in [1.29, 1.82) is 0 Å². The molecule has 1 aromatic heterocycles. The molecule has 2 aromatic rings. The van der Waals surface area contributed by atoms with Gasteiger partial charge in [0.25, 0.3) is 0 Å². The van der Waals surface area contributed by atoms with Crippen LogP contribution in [0.1, 0.15) is 0 Å². The van der Waals surface area contributed by atoms with E-state index in [-0.39, 0.29) is 12.4 Å². The summed E-state index contributed by atoms with van der Waals surface area (Å²) in [5, 5.41) is 4.14. The van der Waals surface area contributed by atoms with Crippen LogP contribution in [0.2, 0.25) is 0 Å². The first-order valence-corrected chi connectivity index (χ1v) is 4.62. The number of hydrogen-bond donors (Lipinski definition) is 1. The molecule has 0 aliphatic carbocycles. The molecule has 0 bridgehead atoms. The number of nitrogens with two attached hydrogens (primary N) is 1. The van der Waals surface area contributed by atoms with Crippen LogP contribution in [0.25, 0.3) is 5.69 Å². The average Bonchev–Trinajstić information content (AvgIpc) is 2.53. The van der Waals surface area contributed by atoms with Crippen molar-refractivity contribution >= 4 is 34.0 Å². The predicted molar refractivity (Wildman–Crippen MR) is 62.9 cm³/mol. The van der Waals surface area contributed by atoms with E-state index in [1.54, 1.807) is 10.9 Å². The van der Waals surface area contributed by atoms with E-state index in [4.69, 9.17) is 5.73 Å². The standard InChI is InChI=1S/C9H8BrN3.ClH/c10-7-5-12-13(6-7)9-4-2-1-3-8(9)11;/h1-6H,11H2;1H. The SMILES string of the molecule is Cl.Nc1ccccc1-n1cc(Br)cn1. The number of nitrogen functional groups attached to an aromatic ring is 1. The molecule has 0 aliphatic rings. The number of anilines is 1. The number of rotatable bonds is 1. The molecular weight excluding hydrogens is 265 g/mol. The van der Waals surface area contributed by atoms with Crippen LogP contribution in [-0.4, -0.2) is 9.78 Å². The largest absolute Gasteiger partial charge is 0.397 e. The molecule has 2 N–H and O–H groups in total. The lowest BCUT2D eigenvalue weighted by Crippen LogP contribution is -1.98. The van der Waals surface area contributed by atoms with Crippen LogP contribution in [0.5, 0.6) is 0 Å². The highest BCUT2D eigenvalue weighted by atomic mass is 79.9. The fourth-order valence-electron chi connectivity index (χ4n) is 1.13. The molecule has 14 heavy (non-hydrogen) atoms. The van der Waals surface area contributed by atoms with Gasteiger partial charge in [-0.1, -0.05) is 12.1 Å². The molecule has 0 spiro atoms. The molecule has 0 saturated heterocycles. The molecule has 3 nitrogen and oxygen atoms in total. The van der Waals surface area contributed by atoms with Gasteiger partial charge in [-0.15, -0.1) is 12.4 Å². The fraction of sp³-hybridized carbons (Fsp3) is 0. The Balaban J connectivity index is 0.000000980. The molecule has 0 amide bonds. The lowest BCUT2D eigenvalue weighted by Gasteiger charge is -2.03. The van der Waals surface area contributed by atoms with Gasteiger partial charge in [0.2, 0.25) is 0 Å². The van der Waals surface area contributed by atoms with Crippen LogP contribution in [0.15, 0.2) is 41.1 Å². The predicted octanol–water partition coefficient (Wildman–Crippen LogP) is 2.64. The van der Waals surface area contributed by atoms with Crippen LogP contribution in [0.3, 0.4) is 0 Å². The van der Waals surface area contributed by atoms with Gasteiger partial charge in [0.15, 0.2) is 0 Å². The molecule has 1 heterocycles. The van der Waals surface area contributed by atoms with E-state index >= 15 is 0 Å². The zero-order valence-electron chi connectivity index (χ0n) is 7.22. The van der Waals surface area contributed by atoms with Gasteiger partial charge in [-0.05, 0) is 28.1 Å². The van der Waals surface area contributed by atoms with Crippen molar-refractivity contribution in [2.75, 3.05) is 5.73 Å². The Morgan fingerprint density at radius 3 is 2.57 bits per heavy atom. The molecule has 0 radical (unpaired) electrons.